The van der Waals surface area contributed by atoms with Gasteiger partial charge in [-0.05, 0) is 25.0 Å². The minimum atomic E-state index is -0.335. The van der Waals surface area contributed by atoms with Gasteiger partial charge in [0.05, 0.1) is 11.5 Å². The monoisotopic (exact) mass is 356 g/mol. The lowest BCUT2D eigenvalue weighted by Crippen LogP contribution is -2.38. The van der Waals surface area contributed by atoms with Crippen LogP contribution >= 0.6 is 15.9 Å². The van der Waals surface area contributed by atoms with Gasteiger partial charge < -0.3 is 5.11 Å². The molecule has 5 nitrogen and oxygen atoms in total. The summed E-state index contributed by atoms with van der Waals surface area (Å²) < 4.78 is 0.712. The minimum absolute atomic E-state index is 0.0842. The molecule has 1 saturated carbocycles. The van der Waals surface area contributed by atoms with Gasteiger partial charge in [0.2, 0.25) is 0 Å². The molecule has 1 aliphatic carbocycles. The van der Waals surface area contributed by atoms with E-state index in [0.29, 0.717) is 29.2 Å². The van der Waals surface area contributed by atoms with Crippen LogP contribution in [0, 0.1) is 10.1 Å². The number of benzene rings is 1. The van der Waals surface area contributed by atoms with E-state index in [1.54, 1.807) is 12.1 Å². The van der Waals surface area contributed by atoms with E-state index in [1.165, 1.54) is 19.3 Å². The van der Waals surface area contributed by atoms with Gasteiger partial charge in [0.1, 0.15) is 0 Å². The highest BCUT2D eigenvalue weighted by Gasteiger charge is 2.23. The lowest BCUT2D eigenvalue weighted by molar-refractivity contribution is -0.385. The predicted octanol–water partition coefficient (Wildman–Crippen LogP) is 3.48. The average Bonchev–Trinajstić information content (AvgIpc) is 2.49. The van der Waals surface area contributed by atoms with Gasteiger partial charge in [0.15, 0.2) is 0 Å². The SMILES string of the molecule is O=[N+]([O-])c1cc(Br)ccc1CN(CCO)C1CCCCC1. The lowest BCUT2D eigenvalue weighted by atomic mass is 9.93. The first kappa shape index (κ1) is 16.4. The smallest absolute Gasteiger partial charge is 0.275 e. The molecule has 6 heteroatoms. The first-order chi connectivity index (χ1) is 10.1. The molecular formula is C15H21BrN2O3. The Morgan fingerprint density at radius 2 is 2.05 bits per heavy atom. The molecule has 1 fully saturated rings. The van der Waals surface area contributed by atoms with Gasteiger partial charge in [-0.1, -0.05) is 35.2 Å². The fraction of sp³-hybridized carbons (Fsp3) is 0.600. The van der Waals surface area contributed by atoms with Crippen LogP contribution in [0.5, 0.6) is 0 Å². The molecule has 116 valence electrons. The summed E-state index contributed by atoms with van der Waals surface area (Å²) in [5, 5.41) is 20.5. The summed E-state index contributed by atoms with van der Waals surface area (Å²) in [7, 11) is 0. The number of nitro groups is 1. The van der Waals surface area contributed by atoms with Crippen LogP contribution < -0.4 is 0 Å². The third-order valence-corrected chi connectivity index (χ3v) is 4.59. The van der Waals surface area contributed by atoms with Crippen molar-refractivity contribution in [3.8, 4) is 0 Å². The zero-order valence-corrected chi connectivity index (χ0v) is 13.6. The Morgan fingerprint density at radius 1 is 1.33 bits per heavy atom. The molecule has 1 aliphatic rings. The highest BCUT2D eigenvalue weighted by Crippen LogP contribution is 2.28. The third-order valence-electron chi connectivity index (χ3n) is 4.10. The van der Waals surface area contributed by atoms with Gasteiger partial charge >= 0.3 is 0 Å². The zero-order chi connectivity index (χ0) is 15.2. The quantitative estimate of drug-likeness (QED) is 0.625. The number of nitro benzene ring substituents is 1. The summed E-state index contributed by atoms with van der Waals surface area (Å²) in [6, 6.07) is 5.61. The molecule has 1 N–H and O–H groups in total. The predicted molar refractivity (Wildman–Crippen MR) is 85.2 cm³/mol. The second-order valence-electron chi connectivity index (χ2n) is 5.52. The summed E-state index contributed by atoms with van der Waals surface area (Å²) >= 11 is 3.28. The molecule has 0 saturated heterocycles. The number of hydrogen-bond donors (Lipinski definition) is 1. The van der Waals surface area contributed by atoms with Crippen molar-refractivity contribution in [1.82, 2.24) is 4.90 Å². The molecular weight excluding hydrogens is 336 g/mol. The Morgan fingerprint density at radius 3 is 2.67 bits per heavy atom. The minimum Gasteiger partial charge on any atom is -0.395 e. The Labute approximate surface area is 133 Å². The zero-order valence-electron chi connectivity index (χ0n) is 12.0. The van der Waals surface area contributed by atoms with E-state index >= 15 is 0 Å². The van der Waals surface area contributed by atoms with Gasteiger partial charge in [-0.25, -0.2) is 0 Å². The maximum atomic E-state index is 11.2. The molecule has 1 aromatic carbocycles. The second kappa shape index (κ2) is 7.87. The topological polar surface area (TPSA) is 66.6 Å². The summed E-state index contributed by atoms with van der Waals surface area (Å²) in [5.41, 5.74) is 0.852. The highest BCUT2D eigenvalue weighted by molar-refractivity contribution is 9.10. The molecule has 0 bridgehead atoms. The van der Waals surface area contributed by atoms with Gasteiger partial charge in [-0.15, -0.1) is 0 Å². The first-order valence-corrected chi connectivity index (χ1v) is 8.19. The Balaban J connectivity index is 2.17. The van der Waals surface area contributed by atoms with Gasteiger partial charge in [0.25, 0.3) is 5.69 Å². The third kappa shape index (κ3) is 4.49. The second-order valence-corrected chi connectivity index (χ2v) is 6.43. The number of nitrogens with zero attached hydrogens (tertiary/aromatic N) is 2. The van der Waals surface area contributed by atoms with Crippen LogP contribution in [0.25, 0.3) is 0 Å². The van der Waals surface area contributed by atoms with E-state index < -0.39 is 0 Å². The number of hydrogen-bond acceptors (Lipinski definition) is 4. The van der Waals surface area contributed by atoms with Crippen molar-refractivity contribution >= 4 is 21.6 Å². The van der Waals surface area contributed by atoms with Gasteiger partial charge in [-0.2, -0.15) is 0 Å². The first-order valence-electron chi connectivity index (χ1n) is 7.39. The average molecular weight is 357 g/mol. The van der Waals surface area contributed by atoms with Crippen LogP contribution in [0.15, 0.2) is 22.7 Å². The van der Waals surface area contributed by atoms with Crippen molar-refractivity contribution in [2.75, 3.05) is 13.2 Å². The van der Waals surface area contributed by atoms with Crippen molar-refractivity contribution in [2.45, 2.75) is 44.7 Å². The van der Waals surface area contributed by atoms with Crippen LogP contribution in [-0.4, -0.2) is 34.1 Å². The number of rotatable bonds is 6. The van der Waals surface area contributed by atoms with Crippen molar-refractivity contribution in [2.24, 2.45) is 0 Å². The molecule has 0 unspecified atom stereocenters. The van der Waals surface area contributed by atoms with E-state index in [2.05, 4.69) is 20.8 Å². The van der Waals surface area contributed by atoms with E-state index in [1.807, 2.05) is 6.07 Å². The Bertz CT molecular complexity index is 490. The van der Waals surface area contributed by atoms with Crippen molar-refractivity contribution < 1.29 is 10.0 Å². The summed E-state index contributed by atoms with van der Waals surface area (Å²) in [5.74, 6) is 0. The normalized spacial score (nSPS) is 16.3. The summed E-state index contributed by atoms with van der Waals surface area (Å²) in [6.45, 7) is 1.17. The molecule has 0 aromatic heterocycles. The molecule has 2 rings (SSSR count). The fourth-order valence-electron chi connectivity index (χ4n) is 3.02. The van der Waals surface area contributed by atoms with Crippen molar-refractivity contribution in [3.05, 3.63) is 38.3 Å². The van der Waals surface area contributed by atoms with Crippen molar-refractivity contribution in [3.63, 3.8) is 0 Å². The van der Waals surface area contributed by atoms with Gasteiger partial charge in [-0.3, -0.25) is 15.0 Å². The molecule has 0 heterocycles. The highest BCUT2D eigenvalue weighted by atomic mass is 79.9. The number of aliphatic hydroxyl groups excluding tert-OH is 1. The molecule has 0 aliphatic heterocycles. The molecule has 0 amide bonds. The Kier molecular flexibility index (Phi) is 6.14. The standard InChI is InChI=1S/C15H21BrN2O3/c16-13-7-6-12(15(10-13)18(20)21)11-17(8-9-19)14-4-2-1-3-5-14/h6-7,10,14,19H,1-5,8-9,11H2. The van der Waals surface area contributed by atoms with Crippen LogP contribution in [0.1, 0.15) is 37.7 Å². The Hall–Kier alpha value is -0.980. The van der Waals surface area contributed by atoms with Gasteiger partial charge in [0, 0.05) is 35.2 Å². The summed E-state index contributed by atoms with van der Waals surface area (Å²) in [4.78, 5) is 13.1. The molecule has 0 radical (unpaired) electrons. The van der Waals surface area contributed by atoms with Crippen LogP contribution in [0.2, 0.25) is 0 Å². The van der Waals surface area contributed by atoms with E-state index in [-0.39, 0.29) is 17.2 Å². The van der Waals surface area contributed by atoms with Crippen LogP contribution in [-0.2, 0) is 6.54 Å². The largest absolute Gasteiger partial charge is 0.395 e. The molecule has 0 atom stereocenters. The molecule has 1 aromatic rings. The molecule has 21 heavy (non-hydrogen) atoms. The summed E-state index contributed by atoms with van der Waals surface area (Å²) in [6.07, 6.45) is 5.90. The van der Waals surface area contributed by atoms with E-state index in [0.717, 1.165) is 12.8 Å². The van der Waals surface area contributed by atoms with Crippen LogP contribution in [0.4, 0.5) is 5.69 Å². The van der Waals surface area contributed by atoms with E-state index in [9.17, 15) is 15.2 Å². The number of halogens is 1. The van der Waals surface area contributed by atoms with Crippen molar-refractivity contribution in [1.29, 1.82) is 0 Å². The van der Waals surface area contributed by atoms with Crippen LogP contribution in [0.3, 0.4) is 0 Å². The lowest BCUT2D eigenvalue weighted by Gasteiger charge is -2.33. The fourth-order valence-corrected chi connectivity index (χ4v) is 3.37. The maximum absolute atomic E-state index is 11.2. The van der Waals surface area contributed by atoms with E-state index in [4.69, 9.17) is 0 Å². The maximum Gasteiger partial charge on any atom is 0.275 e. The number of aliphatic hydroxyl groups is 1. The molecule has 0 spiro atoms.